The fraction of sp³-hybridized carbons (Fsp3) is 0.111. The van der Waals surface area contributed by atoms with Crippen molar-refractivity contribution in [3.8, 4) is 5.69 Å². The van der Waals surface area contributed by atoms with E-state index in [1.165, 1.54) is 6.33 Å². The van der Waals surface area contributed by atoms with Crippen molar-refractivity contribution in [2.45, 2.75) is 6.54 Å². The predicted octanol–water partition coefficient (Wildman–Crippen LogP) is 0.595. The van der Waals surface area contributed by atoms with E-state index in [-0.39, 0.29) is 0 Å². The van der Waals surface area contributed by atoms with Gasteiger partial charge in [0.1, 0.15) is 6.33 Å². The van der Waals surface area contributed by atoms with Crippen LogP contribution in [0.4, 0.5) is 0 Å². The van der Waals surface area contributed by atoms with E-state index in [1.807, 2.05) is 12.3 Å². The smallest absolute Gasteiger partial charge is 0.153 e. The van der Waals surface area contributed by atoms with Crippen molar-refractivity contribution >= 4 is 6.21 Å². The molecule has 0 aliphatic carbocycles. The number of hydrogen-bond acceptors (Lipinski definition) is 4. The van der Waals surface area contributed by atoms with Crippen molar-refractivity contribution in [1.82, 2.24) is 19.7 Å². The molecule has 3 heterocycles. The third-order valence-electron chi connectivity index (χ3n) is 2.14. The first-order chi connectivity index (χ1) is 6.95. The Morgan fingerprint density at radius 3 is 3.36 bits per heavy atom. The van der Waals surface area contributed by atoms with Gasteiger partial charge in [0.15, 0.2) is 5.82 Å². The van der Waals surface area contributed by atoms with Gasteiger partial charge in [0.2, 0.25) is 0 Å². The van der Waals surface area contributed by atoms with E-state index in [1.54, 1.807) is 17.1 Å². The largest absolute Gasteiger partial charge is 0.284 e. The molecule has 3 rings (SSSR count). The van der Waals surface area contributed by atoms with Crippen molar-refractivity contribution in [3.05, 3.63) is 36.2 Å². The van der Waals surface area contributed by atoms with Crippen molar-refractivity contribution < 1.29 is 0 Å². The average Bonchev–Trinajstić information content (AvgIpc) is 2.61. The molecule has 0 bridgehead atoms. The highest BCUT2D eigenvalue weighted by Crippen LogP contribution is 2.15. The van der Waals surface area contributed by atoms with Gasteiger partial charge in [-0.2, -0.15) is 5.10 Å². The second-order valence-electron chi connectivity index (χ2n) is 2.99. The van der Waals surface area contributed by atoms with Crippen LogP contribution in [0.1, 0.15) is 11.4 Å². The van der Waals surface area contributed by atoms with E-state index in [2.05, 4.69) is 20.1 Å². The highest BCUT2D eigenvalue weighted by atomic mass is 15.3. The zero-order chi connectivity index (χ0) is 9.38. The maximum atomic E-state index is 4.25. The Morgan fingerprint density at radius 2 is 2.36 bits per heavy atom. The second-order valence-corrected chi connectivity index (χ2v) is 2.99. The van der Waals surface area contributed by atoms with Gasteiger partial charge in [-0.05, 0) is 6.07 Å². The summed E-state index contributed by atoms with van der Waals surface area (Å²) in [5.41, 5.74) is 1.95. The molecule has 1 aliphatic heterocycles. The van der Waals surface area contributed by atoms with Gasteiger partial charge in [-0.1, -0.05) is 0 Å². The van der Waals surface area contributed by atoms with Gasteiger partial charge in [-0.25, -0.2) is 9.67 Å². The van der Waals surface area contributed by atoms with Gasteiger partial charge in [0.25, 0.3) is 0 Å². The maximum absolute atomic E-state index is 4.25. The SMILES string of the molecule is C1=NCc2ncnn2-c2cnccc21. The molecule has 0 N–H and O–H groups in total. The van der Waals surface area contributed by atoms with Crippen LogP contribution in [0.5, 0.6) is 0 Å². The number of aromatic nitrogens is 4. The van der Waals surface area contributed by atoms with Crippen molar-refractivity contribution in [3.63, 3.8) is 0 Å². The molecule has 5 nitrogen and oxygen atoms in total. The first-order valence-electron chi connectivity index (χ1n) is 4.28. The van der Waals surface area contributed by atoms with E-state index in [4.69, 9.17) is 0 Å². The summed E-state index contributed by atoms with van der Waals surface area (Å²) < 4.78 is 1.77. The summed E-state index contributed by atoms with van der Waals surface area (Å²) in [7, 11) is 0. The lowest BCUT2D eigenvalue weighted by Gasteiger charge is -2.03. The van der Waals surface area contributed by atoms with Gasteiger partial charge in [-0.3, -0.25) is 9.98 Å². The minimum Gasteiger partial charge on any atom is -0.284 e. The molecule has 2 aromatic heterocycles. The Labute approximate surface area is 80.2 Å². The van der Waals surface area contributed by atoms with Crippen molar-refractivity contribution in [2.24, 2.45) is 4.99 Å². The molecule has 0 atom stereocenters. The topological polar surface area (TPSA) is 56.0 Å². The van der Waals surface area contributed by atoms with Crippen molar-refractivity contribution in [1.29, 1.82) is 0 Å². The predicted molar refractivity (Wildman–Crippen MR) is 50.5 cm³/mol. The van der Waals surface area contributed by atoms with Crippen LogP contribution < -0.4 is 0 Å². The maximum Gasteiger partial charge on any atom is 0.153 e. The molecule has 0 aromatic carbocycles. The van der Waals surface area contributed by atoms with Crippen LogP contribution in [-0.2, 0) is 6.54 Å². The Morgan fingerprint density at radius 1 is 1.36 bits per heavy atom. The molecule has 14 heavy (non-hydrogen) atoms. The Kier molecular flexibility index (Phi) is 1.44. The number of rotatable bonds is 0. The van der Waals surface area contributed by atoms with E-state index in [0.29, 0.717) is 6.54 Å². The average molecular weight is 185 g/mol. The molecule has 0 amide bonds. The summed E-state index contributed by atoms with van der Waals surface area (Å²) in [6.45, 7) is 0.564. The van der Waals surface area contributed by atoms with E-state index >= 15 is 0 Å². The number of nitrogens with zero attached hydrogens (tertiary/aromatic N) is 5. The third kappa shape index (κ3) is 0.953. The number of aliphatic imine (C=N–C) groups is 1. The van der Waals surface area contributed by atoms with Crippen LogP contribution in [0, 0.1) is 0 Å². The Bertz CT molecular complexity index is 499. The highest BCUT2D eigenvalue weighted by molar-refractivity contribution is 5.84. The minimum atomic E-state index is 0.564. The molecular formula is C9H7N5. The summed E-state index contributed by atoms with van der Waals surface area (Å²) >= 11 is 0. The summed E-state index contributed by atoms with van der Waals surface area (Å²) in [4.78, 5) is 12.4. The Balaban J connectivity index is 2.34. The van der Waals surface area contributed by atoms with E-state index in [9.17, 15) is 0 Å². The Hall–Kier alpha value is -2.04. The molecule has 1 aliphatic rings. The third-order valence-corrected chi connectivity index (χ3v) is 2.14. The minimum absolute atomic E-state index is 0.564. The number of pyridine rings is 1. The summed E-state index contributed by atoms with van der Waals surface area (Å²) in [5, 5.41) is 4.14. The quantitative estimate of drug-likeness (QED) is 0.603. The summed E-state index contributed by atoms with van der Waals surface area (Å²) in [6.07, 6.45) is 6.87. The molecule has 0 saturated heterocycles. The van der Waals surface area contributed by atoms with Gasteiger partial charge in [0.05, 0.1) is 18.4 Å². The van der Waals surface area contributed by atoms with Crippen LogP contribution in [0.25, 0.3) is 5.69 Å². The summed E-state index contributed by atoms with van der Waals surface area (Å²) in [5.74, 6) is 0.841. The fourth-order valence-electron chi connectivity index (χ4n) is 1.48. The van der Waals surface area contributed by atoms with E-state index in [0.717, 1.165) is 17.1 Å². The standard InChI is InChI=1S/C9H7N5/c1-2-10-4-8-7(1)3-11-5-9-12-6-13-14(8)9/h1-4,6H,5H2. The number of fused-ring (bicyclic) bond motifs is 3. The van der Waals surface area contributed by atoms with Crippen molar-refractivity contribution in [2.75, 3.05) is 0 Å². The first-order valence-corrected chi connectivity index (χ1v) is 4.28. The molecule has 68 valence electrons. The molecule has 0 spiro atoms. The second kappa shape index (κ2) is 2.73. The molecule has 0 saturated carbocycles. The van der Waals surface area contributed by atoms with Crippen LogP contribution >= 0.6 is 0 Å². The van der Waals surface area contributed by atoms with Gasteiger partial charge in [0, 0.05) is 18.0 Å². The first kappa shape index (κ1) is 7.37. The zero-order valence-corrected chi connectivity index (χ0v) is 7.33. The lowest BCUT2D eigenvalue weighted by Crippen LogP contribution is -2.03. The molecule has 5 heteroatoms. The number of hydrogen-bond donors (Lipinski definition) is 0. The zero-order valence-electron chi connectivity index (χ0n) is 7.33. The molecule has 0 unspecified atom stereocenters. The highest BCUT2D eigenvalue weighted by Gasteiger charge is 2.11. The molecular weight excluding hydrogens is 178 g/mol. The fourth-order valence-corrected chi connectivity index (χ4v) is 1.48. The van der Waals surface area contributed by atoms with E-state index < -0.39 is 0 Å². The van der Waals surface area contributed by atoms with Crippen LogP contribution in [-0.4, -0.2) is 26.0 Å². The summed E-state index contributed by atoms with van der Waals surface area (Å²) in [6, 6.07) is 1.91. The van der Waals surface area contributed by atoms with Gasteiger partial charge < -0.3 is 0 Å². The van der Waals surface area contributed by atoms with Crippen LogP contribution in [0.2, 0.25) is 0 Å². The van der Waals surface area contributed by atoms with Gasteiger partial charge >= 0.3 is 0 Å². The lowest BCUT2D eigenvalue weighted by atomic mass is 10.2. The lowest BCUT2D eigenvalue weighted by molar-refractivity contribution is 0.795. The molecule has 2 aromatic rings. The van der Waals surface area contributed by atoms with Crippen LogP contribution in [0.15, 0.2) is 29.8 Å². The molecule has 0 radical (unpaired) electrons. The van der Waals surface area contributed by atoms with Crippen LogP contribution in [0.3, 0.4) is 0 Å². The van der Waals surface area contributed by atoms with Gasteiger partial charge in [-0.15, -0.1) is 0 Å². The molecule has 0 fully saturated rings. The normalized spacial score (nSPS) is 13.1. The monoisotopic (exact) mass is 185 g/mol.